The third-order valence-corrected chi connectivity index (χ3v) is 5.89. The van der Waals surface area contributed by atoms with E-state index in [4.69, 9.17) is 5.26 Å². The number of amides is 3. The Morgan fingerprint density at radius 3 is 2.43 bits per heavy atom. The molecule has 2 atom stereocenters. The smallest absolute Gasteiger partial charge is 0.323 e. The van der Waals surface area contributed by atoms with E-state index in [0.29, 0.717) is 13.0 Å². The maximum Gasteiger partial charge on any atom is 0.325 e. The molecule has 2 aliphatic carbocycles. The predicted octanol–water partition coefficient (Wildman–Crippen LogP) is 2.43. The second kappa shape index (κ2) is 4.72. The van der Waals surface area contributed by atoms with Gasteiger partial charge in [-0.15, -0.1) is 0 Å². The van der Waals surface area contributed by atoms with Crippen LogP contribution in [-0.2, 0) is 4.79 Å². The van der Waals surface area contributed by atoms with Crippen LogP contribution >= 0.6 is 0 Å². The molecule has 114 valence electrons. The molecule has 0 aromatic rings. The van der Waals surface area contributed by atoms with Crippen LogP contribution in [0.5, 0.6) is 0 Å². The summed E-state index contributed by atoms with van der Waals surface area (Å²) < 4.78 is 0. The fourth-order valence-corrected chi connectivity index (χ4v) is 4.17. The first kappa shape index (κ1) is 14.4. The number of hydrogen-bond donors (Lipinski definition) is 1. The van der Waals surface area contributed by atoms with Crippen LogP contribution in [0.2, 0.25) is 0 Å². The minimum atomic E-state index is -0.710. The topological polar surface area (TPSA) is 73.2 Å². The normalized spacial score (nSPS) is 37.5. The average Bonchev–Trinajstić information content (AvgIpc) is 3.14. The molecule has 1 heterocycles. The number of urea groups is 1. The molecule has 1 saturated heterocycles. The first-order chi connectivity index (χ1) is 9.95. The van der Waals surface area contributed by atoms with E-state index in [1.165, 1.54) is 4.90 Å². The Morgan fingerprint density at radius 2 is 1.90 bits per heavy atom. The molecule has 0 aromatic carbocycles. The van der Waals surface area contributed by atoms with Gasteiger partial charge in [0.1, 0.15) is 5.54 Å². The predicted molar refractivity (Wildman–Crippen MR) is 77.1 cm³/mol. The fourth-order valence-electron chi connectivity index (χ4n) is 4.17. The van der Waals surface area contributed by atoms with E-state index < -0.39 is 5.54 Å². The van der Waals surface area contributed by atoms with Crippen LogP contribution in [0.3, 0.4) is 0 Å². The zero-order valence-electron chi connectivity index (χ0n) is 12.8. The van der Waals surface area contributed by atoms with Gasteiger partial charge < -0.3 is 5.32 Å². The number of nitriles is 1. The van der Waals surface area contributed by atoms with Crippen molar-refractivity contribution in [2.75, 3.05) is 6.54 Å². The Hall–Kier alpha value is -1.57. The molecule has 5 nitrogen and oxygen atoms in total. The van der Waals surface area contributed by atoms with Crippen molar-refractivity contribution in [2.24, 2.45) is 17.3 Å². The first-order valence-corrected chi connectivity index (χ1v) is 7.96. The first-order valence-electron chi connectivity index (χ1n) is 7.96. The third-order valence-electron chi connectivity index (χ3n) is 5.89. The summed E-state index contributed by atoms with van der Waals surface area (Å²) in [5.41, 5.74) is -0.841. The molecule has 1 N–H and O–H groups in total. The molecule has 0 aromatic heterocycles. The van der Waals surface area contributed by atoms with E-state index in [0.717, 1.165) is 32.1 Å². The van der Waals surface area contributed by atoms with E-state index in [9.17, 15) is 9.59 Å². The zero-order valence-corrected chi connectivity index (χ0v) is 12.8. The Bertz CT molecular complexity index is 508. The number of hydrogen-bond acceptors (Lipinski definition) is 3. The molecule has 3 rings (SSSR count). The molecule has 3 amide bonds. The van der Waals surface area contributed by atoms with Crippen LogP contribution in [0.25, 0.3) is 0 Å². The number of rotatable bonds is 3. The van der Waals surface area contributed by atoms with Crippen molar-refractivity contribution in [3.63, 3.8) is 0 Å². The van der Waals surface area contributed by atoms with Crippen molar-refractivity contribution in [3.05, 3.63) is 0 Å². The second-order valence-corrected chi connectivity index (χ2v) is 7.26. The lowest BCUT2D eigenvalue weighted by atomic mass is 9.67. The summed E-state index contributed by atoms with van der Waals surface area (Å²) >= 11 is 0. The van der Waals surface area contributed by atoms with Crippen molar-refractivity contribution in [2.45, 2.75) is 57.9 Å². The molecule has 1 spiro atoms. The maximum atomic E-state index is 13.0. The summed E-state index contributed by atoms with van der Waals surface area (Å²) in [7, 11) is 0. The van der Waals surface area contributed by atoms with E-state index in [-0.39, 0.29) is 29.2 Å². The molecule has 5 heteroatoms. The standard InChI is InChI=1S/C16H23N3O2/c1-11-4-3-5-12(2)16(11)13(20)19(14(21)18-16)10-15(6-7-15)8-9-17/h11-12H,3-8,10H2,1-2H3,(H,18,21). The van der Waals surface area contributed by atoms with E-state index in [1.807, 2.05) is 0 Å². The number of carbonyl (C=O) groups is 2. The highest BCUT2D eigenvalue weighted by Gasteiger charge is 2.60. The van der Waals surface area contributed by atoms with Gasteiger partial charge in [0.15, 0.2) is 0 Å². The van der Waals surface area contributed by atoms with Crippen LogP contribution in [0.1, 0.15) is 52.4 Å². The van der Waals surface area contributed by atoms with Gasteiger partial charge in [0.05, 0.1) is 6.07 Å². The van der Waals surface area contributed by atoms with Crippen molar-refractivity contribution in [3.8, 4) is 6.07 Å². The SMILES string of the molecule is CC1CCCC(C)C12NC(=O)N(CC1(CC#N)CC1)C2=O. The summed E-state index contributed by atoms with van der Waals surface area (Å²) in [5.74, 6) is 0.291. The van der Waals surface area contributed by atoms with Gasteiger partial charge in [-0.05, 0) is 37.5 Å². The molecular weight excluding hydrogens is 266 g/mol. The summed E-state index contributed by atoms with van der Waals surface area (Å²) in [5, 5.41) is 11.9. The maximum absolute atomic E-state index is 13.0. The highest BCUT2D eigenvalue weighted by molar-refractivity contribution is 6.07. The molecule has 1 aliphatic heterocycles. The van der Waals surface area contributed by atoms with Gasteiger partial charge in [-0.2, -0.15) is 5.26 Å². The van der Waals surface area contributed by atoms with Gasteiger partial charge in [-0.25, -0.2) is 4.79 Å². The molecule has 0 radical (unpaired) electrons. The van der Waals surface area contributed by atoms with Crippen molar-refractivity contribution < 1.29 is 9.59 Å². The minimum Gasteiger partial charge on any atom is -0.323 e. The molecule has 21 heavy (non-hydrogen) atoms. The van der Waals surface area contributed by atoms with Gasteiger partial charge in [-0.3, -0.25) is 9.69 Å². The van der Waals surface area contributed by atoms with Crippen LogP contribution in [0.4, 0.5) is 4.79 Å². The van der Waals surface area contributed by atoms with Crippen LogP contribution in [-0.4, -0.2) is 28.9 Å². The molecule has 3 aliphatic rings. The number of imide groups is 1. The van der Waals surface area contributed by atoms with E-state index in [1.54, 1.807) is 0 Å². The second-order valence-electron chi connectivity index (χ2n) is 7.26. The van der Waals surface area contributed by atoms with Crippen molar-refractivity contribution >= 4 is 11.9 Å². The van der Waals surface area contributed by atoms with Crippen LogP contribution < -0.4 is 5.32 Å². The lowest BCUT2D eigenvalue weighted by molar-refractivity contribution is -0.137. The molecule has 0 bridgehead atoms. The summed E-state index contributed by atoms with van der Waals surface area (Å²) in [6.07, 6.45) is 5.39. The summed E-state index contributed by atoms with van der Waals surface area (Å²) in [4.78, 5) is 26.7. The Morgan fingerprint density at radius 1 is 1.29 bits per heavy atom. The van der Waals surface area contributed by atoms with E-state index in [2.05, 4.69) is 25.2 Å². The third kappa shape index (κ3) is 2.04. The van der Waals surface area contributed by atoms with Gasteiger partial charge in [0, 0.05) is 18.4 Å². The Kier molecular flexibility index (Phi) is 3.23. The van der Waals surface area contributed by atoms with Gasteiger partial charge in [0.25, 0.3) is 5.91 Å². The molecule has 3 fully saturated rings. The van der Waals surface area contributed by atoms with Crippen LogP contribution in [0.15, 0.2) is 0 Å². The van der Waals surface area contributed by atoms with Gasteiger partial charge >= 0.3 is 6.03 Å². The Balaban J connectivity index is 1.84. The fraction of sp³-hybridized carbons (Fsp3) is 0.812. The minimum absolute atomic E-state index is 0.0589. The summed E-state index contributed by atoms with van der Waals surface area (Å²) in [6.45, 7) is 4.55. The van der Waals surface area contributed by atoms with Gasteiger partial charge in [0.2, 0.25) is 0 Å². The van der Waals surface area contributed by atoms with Crippen molar-refractivity contribution in [1.82, 2.24) is 10.2 Å². The lowest BCUT2D eigenvalue weighted by Crippen LogP contribution is -2.59. The largest absolute Gasteiger partial charge is 0.325 e. The molecule has 2 saturated carbocycles. The summed E-state index contributed by atoms with van der Waals surface area (Å²) in [6, 6.07) is 1.93. The zero-order chi connectivity index (χ0) is 15.3. The van der Waals surface area contributed by atoms with Gasteiger partial charge in [-0.1, -0.05) is 20.3 Å². The highest BCUT2D eigenvalue weighted by Crippen LogP contribution is 2.51. The Labute approximate surface area is 125 Å². The van der Waals surface area contributed by atoms with Crippen LogP contribution in [0, 0.1) is 28.6 Å². The van der Waals surface area contributed by atoms with Crippen molar-refractivity contribution in [1.29, 1.82) is 5.26 Å². The molecular formula is C16H23N3O2. The lowest BCUT2D eigenvalue weighted by Gasteiger charge is -2.42. The van der Waals surface area contributed by atoms with E-state index >= 15 is 0 Å². The number of carbonyl (C=O) groups excluding carboxylic acids is 2. The average molecular weight is 289 g/mol. The quantitative estimate of drug-likeness (QED) is 0.811. The molecule has 2 unspecified atom stereocenters. The number of nitrogens with one attached hydrogen (secondary N) is 1. The highest BCUT2D eigenvalue weighted by atomic mass is 16.2. The monoisotopic (exact) mass is 289 g/mol. The number of nitrogens with zero attached hydrogens (tertiary/aromatic N) is 2.